The van der Waals surface area contributed by atoms with E-state index in [9.17, 15) is 4.39 Å². The summed E-state index contributed by atoms with van der Waals surface area (Å²) < 4.78 is 13.0. The van der Waals surface area contributed by atoms with Crippen molar-refractivity contribution in [3.8, 4) is 0 Å². The van der Waals surface area contributed by atoms with Gasteiger partial charge in [0, 0.05) is 37.6 Å². The van der Waals surface area contributed by atoms with Gasteiger partial charge in [-0.05, 0) is 44.4 Å². The molecule has 5 nitrogen and oxygen atoms in total. The van der Waals surface area contributed by atoms with E-state index in [4.69, 9.17) is 0 Å². The predicted octanol–water partition coefficient (Wildman–Crippen LogP) is 3.85. The molecule has 8 heteroatoms. The van der Waals surface area contributed by atoms with Gasteiger partial charge in [-0.15, -0.1) is 35.3 Å². The number of likely N-dealkylation sites (tertiary alicyclic amines) is 1. The fraction of sp³-hybridized carbons (Fsp3) is 0.500. The number of aryl methyl sites for hydroxylation is 2. The second-order valence-electron chi connectivity index (χ2n) is 6.99. The number of halogens is 2. The highest BCUT2D eigenvalue weighted by molar-refractivity contribution is 14.0. The summed E-state index contributed by atoms with van der Waals surface area (Å²) >= 11 is 1.73. The average Bonchev–Trinajstić information content (AvgIpc) is 2.99. The van der Waals surface area contributed by atoms with Crippen molar-refractivity contribution in [2.75, 3.05) is 20.1 Å². The maximum atomic E-state index is 13.0. The number of hydrogen-bond donors (Lipinski definition) is 2. The van der Waals surface area contributed by atoms with Crippen LogP contribution < -0.4 is 10.6 Å². The highest BCUT2D eigenvalue weighted by Gasteiger charge is 2.20. The maximum Gasteiger partial charge on any atom is 0.191 e. The quantitative estimate of drug-likeness (QED) is 0.360. The Kier molecular flexibility index (Phi) is 9.10. The van der Waals surface area contributed by atoms with Crippen molar-refractivity contribution in [1.82, 2.24) is 20.5 Å². The van der Waals surface area contributed by atoms with Crippen LogP contribution in [0.5, 0.6) is 0 Å². The number of thiazole rings is 1. The third kappa shape index (κ3) is 6.66. The van der Waals surface area contributed by atoms with Crippen molar-refractivity contribution >= 4 is 41.3 Å². The first kappa shape index (κ1) is 23.0. The van der Waals surface area contributed by atoms with Crippen LogP contribution in [0.25, 0.3) is 0 Å². The number of aliphatic imine (C=N–C) groups is 1. The molecule has 0 bridgehead atoms. The molecule has 0 saturated carbocycles. The molecule has 2 N–H and O–H groups in total. The lowest BCUT2D eigenvalue weighted by Crippen LogP contribution is -2.48. The fourth-order valence-electron chi connectivity index (χ4n) is 3.37. The van der Waals surface area contributed by atoms with Crippen LogP contribution in [0.4, 0.5) is 4.39 Å². The van der Waals surface area contributed by atoms with E-state index >= 15 is 0 Å². The Morgan fingerprint density at radius 1 is 1.25 bits per heavy atom. The summed E-state index contributed by atoms with van der Waals surface area (Å²) in [5.41, 5.74) is 2.25. The zero-order chi connectivity index (χ0) is 19.2. The molecule has 0 aliphatic carbocycles. The summed E-state index contributed by atoms with van der Waals surface area (Å²) in [6.07, 6.45) is 2.14. The molecule has 0 unspecified atom stereocenters. The first-order chi connectivity index (χ1) is 13.0. The molecular formula is C20H29FIN5S. The Morgan fingerprint density at radius 3 is 2.50 bits per heavy atom. The van der Waals surface area contributed by atoms with Gasteiger partial charge in [0.25, 0.3) is 0 Å². The summed E-state index contributed by atoms with van der Waals surface area (Å²) in [5, 5.41) is 8.04. The van der Waals surface area contributed by atoms with Crippen molar-refractivity contribution in [3.05, 3.63) is 51.2 Å². The van der Waals surface area contributed by atoms with Crippen molar-refractivity contribution in [2.24, 2.45) is 4.99 Å². The second kappa shape index (κ2) is 11.1. The molecule has 2 heterocycles. The molecule has 0 spiro atoms. The second-order valence-corrected chi connectivity index (χ2v) is 8.28. The van der Waals surface area contributed by atoms with Gasteiger partial charge in [-0.25, -0.2) is 9.37 Å². The van der Waals surface area contributed by atoms with Gasteiger partial charge in [-0.3, -0.25) is 9.89 Å². The van der Waals surface area contributed by atoms with Crippen LogP contribution >= 0.6 is 35.3 Å². The van der Waals surface area contributed by atoms with E-state index in [0.717, 1.165) is 61.2 Å². The number of nitrogens with one attached hydrogen (secondary N) is 2. The SMILES string of the molecule is CN=C(NCc1sc(C)nc1C)NC1CCN(Cc2ccc(F)cc2)CC1.I. The number of rotatable bonds is 5. The largest absolute Gasteiger partial charge is 0.354 e. The van der Waals surface area contributed by atoms with Gasteiger partial charge < -0.3 is 10.6 Å². The summed E-state index contributed by atoms with van der Waals surface area (Å²) in [6, 6.07) is 7.23. The van der Waals surface area contributed by atoms with Crippen LogP contribution in [-0.4, -0.2) is 42.0 Å². The summed E-state index contributed by atoms with van der Waals surface area (Å²) in [6.45, 7) is 7.77. The van der Waals surface area contributed by atoms with E-state index in [1.807, 2.05) is 33.0 Å². The van der Waals surface area contributed by atoms with Crippen molar-refractivity contribution in [1.29, 1.82) is 0 Å². The van der Waals surface area contributed by atoms with Crippen LogP contribution in [-0.2, 0) is 13.1 Å². The normalized spacial score (nSPS) is 15.9. The van der Waals surface area contributed by atoms with E-state index in [-0.39, 0.29) is 29.8 Å². The van der Waals surface area contributed by atoms with Crippen LogP contribution in [0.1, 0.15) is 34.0 Å². The molecule has 1 saturated heterocycles. The summed E-state index contributed by atoms with van der Waals surface area (Å²) in [4.78, 5) is 12.5. The summed E-state index contributed by atoms with van der Waals surface area (Å²) in [7, 11) is 1.81. The minimum absolute atomic E-state index is 0. The Hall–Kier alpha value is -1.26. The van der Waals surface area contributed by atoms with Crippen LogP contribution in [0.3, 0.4) is 0 Å². The molecular weight excluding hydrogens is 488 g/mol. The fourth-order valence-corrected chi connectivity index (χ4v) is 4.25. The molecule has 1 aliphatic rings. The predicted molar refractivity (Wildman–Crippen MR) is 125 cm³/mol. The Labute approximate surface area is 187 Å². The molecule has 3 rings (SSSR count). The average molecular weight is 517 g/mol. The lowest BCUT2D eigenvalue weighted by atomic mass is 10.0. The Morgan fingerprint density at radius 2 is 1.93 bits per heavy atom. The topological polar surface area (TPSA) is 52.6 Å². The molecule has 154 valence electrons. The molecule has 1 fully saturated rings. The van der Waals surface area contributed by atoms with Crippen LogP contribution in [0.2, 0.25) is 0 Å². The van der Waals surface area contributed by atoms with Crippen LogP contribution in [0, 0.1) is 19.7 Å². The Balaban J connectivity index is 0.00000280. The minimum Gasteiger partial charge on any atom is -0.354 e. The lowest BCUT2D eigenvalue weighted by Gasteiger charge is -2.33. The zero-order valence-electron chi connectivity index (χ0n) is 16.7. The van der Waals surface area contributed by atoms with Gasteiger partial charge in [0.15, 0.2) is 5.96 Å². The lowest BCUT2D eigenvalue weighted by molar-refractivity contribution is 0.198. The van der Waals surface area contributed by atoms with E-state index in [1.165, 1.54) is 17.0 Å². The molecule has 2 aromatic rings. The van der Waals surface area contributed by atoms with E-state index in [0.29, 0.717) is 6.04 Å². The molecule has 0 radical (unpaired) electrons. The van der Waals surface area contributed by atoms with Gasteiger partial charge in [0.05, 0.1) is 17.2 Å². The molecule has 0 amide bonds. The van der Waals surface area contributed by atoms with Gasteiger partial charge >= 0.3 is 0 Å². The van der Waals surface area contributed by atoms with Crippen molar-refractivity contribution in [3.63, 3.8) is 0 Å². The number of hydrogen-bond acceptors (Lipinski definition) is 4. The molecule has 1 aromatic carbocycles. The number of aromatic nitrogens is 1. The number of piperidine rings is 1. The minimum atomic E-state index is -0.177. The first-order valence-corrected chi connectivity index (χ1v) is 10.2. The van der Waals surface area contributed by atoms with E-state index < -0.39 is 0 Å². The Bertz CT molecular complexity index is 769. The van der Waals surface area contributed by atoms with Crippen LogP contribution in [0.15, 0.2) is 29.3 Å². The van der Waals surface area contributed by atoms with Gasteiger partial charge in [-0.2, -0.15) is 0 Å². The first-order valence-electron chi connectivity index (χ1n) is 9.40. The third-order valence-corrected chi connectivity index (χ3v) is 5.96. The number of benzene rings is 1. The van der Waals surface area contributed by atoms with E-state index in [1.54, 1.807) is 11.3 Å². The number of guanidine groups is 1. The van der Waals surface area contributed by atoms with E-state index in [2.05, 4.69) is 25.5 Å². The van der Waals surface area contributed by atoms with Gasteiger partial charge in [0.2, 0.25) is 0 Å². The molecule has 1 aliphatic heterocycles. The monoisotopic (exact) mass is 517 g/mol. The third-order valence-electron chi connectivity index (χ3n) is 4.89. The molecule has 28 heavy (non-hydrogen) atoms. The standard InChI is InChI=1S/C20H28FN5S.HI/c1-14-19(27-15(2)24-14)12-23-20(22-3)25-18-8-10-26(11-9-18)13-16-4-6-17(21)7-5-16;/h4-7,18H,8-13H2,1-3H3,(H2,22,23,25);1H. The van der Waals surface area contributed by atoms with Gasteiger partial charge in [0.1, 0.15) is 5.82 Å². The number of nitrogens with zero attached hydrogens (tertiary/aromatic N) is 3. The highest BCUT2D eigenvalue weighted by atomic mass is 127. The molecule has 1 aromatic heterocycles. The molecule has 0 atom stereocenters. The van der Waals surface area contributed by atoms with Crippen molar-refractivity contribution < 1.29 is 4.39 Å². The summed E-state index contributed by atoms with van der Waals surface area (Å²) in [5.74, 6) is 0.668. The van der Waals surface area contributed by atoms with Crippen molar-refractivity contribution in [2.45, 2.75) is 45.8 Å². The zero-order valence-corrected chi connectivity index (χ0v) is 19.8. The smallest absolute Gasteiger partial charge is 0.191 e. The highest BCUT2D eigenvalue weighted by Crippen LogP contribution is 2.17. The van der Waals surface area contributed by atoms with Gasteiger partial charge in [-0.1, -0.05) is 12.1 Å². The maximum absolute atomic E-state index is 13.0.